The van der Waals surface area contributed by atoms with Gasteiger partial charge in [0.05, 0.1) is 15.2 Å². The number of nitrogens with one attached hydrogen (secondary N) is 1. The number of carbonyl (C=O) groups excluding carboxylic acids is 1. The third-order valence-corrected chi connectivity index (χ3v) is 5.52. The van der Waals surface area contributed by atoms with Gasteiger partial charge in [0.15, 0.2) is 9.84 Å². The van der Waals surface area contributed by atoms with E-state index >= 15 is 0 Å². The monoisotopic (exact) mass is 280 g/mol. The molecule has 0 fully saturated rings. The standard InChI is InChI=1S/C10H20N2O3S2/c1-9(2,17(5,14)15)6-12-8(13)10(3,4)7(11)16/h6H2,1-5H3,(H2,11,16)(H,12,13). The second kappa shape index (κ2) is 4.89. The average Bonchev–Trinajstić information content (AvgIpc) is 2.11. The Morgan fingerprint density at radius 3 is 2.00 bits per heavy atom. The molecule has 0 aromatic heterocycles. The van der Waals surface area contributed by atoms with Crippen molar-refractivity contribution in [3.05, 3.63) is 0 Å². The Kier molecular flexibility index (Phi) is 4.70. The number of sulfone groups is 1. The summed E-state index contributed by atoms with van der Waals surface area (Å²) in [6, 6.07) is 0. The molecule has 3 N–H and O–H groups in total. The van der Waals surface area contributed by atoms with Crippen LogP contribution in [0.2, 0.25) is 0 Å². The van der Waals surface area contributed by atoms with Crippen molar-refractivity contribution in [2.24, 2.45) is 11.1 Å². The van der Waals surface area contributed by atoms with Gasteiger partial charge in [-0.1, -0.05) is 12.2 Å². The minimum Gasteiger partial charge on any atom is -0.392 e. The molecule has 0 unspecified atom stereocenters. The summed E-state index contributed by atoms with van der Waals surface area (Å²) in [7, 11) is -3.24. The highest BCUT2D eigenvalue weighted by Gasteiger charge is 2.35. The molecule has 7 heteroatoms. The van der Waals surface area contributed by atoms with E-state index in [-0.39, 0.29) is 17.4 Å². The quantitative estimate of drug-likeness (QED) is 0.704. The van der Waals surface area contributed by atoms with Crippen LogP contribution in [0.4, 0.5) is 0 Å². The molecular weight excluding hydrogens is 260 g/mol. The maximum Gasteiger partial charge on any atom is 0.232 e. The smallest absolute Gasteiger partial charge is 0.232 e. The number of thiocarbonyl (C=S) groups is 1. The lowest BCUT2D eigenvalue weighted by atomic mass is 9.92. The van der Waals surface area contributed by atoms with Crippen molar-refractivity contribution in [3.8, 4) is 0 Å². The maximum absolute atomic E-state index is 11.8. The zero-order valence-electron chi connectivity index (χ0n) is 10.8. The van der Waals surface area contributed by atoms with Crippen molar-refractivity contribution in [2.45, 2.75) is 32.4 Å². The molecule has 0 radical (unpaired) electrons. The lowest BCUT2D eigenvalue weighted by molar-refractivity contribution is -0.126. The Balaban J connectivity index is 4.73. The van der Waals surface area contributed by atoms with Gasteiger partial charge in [-0.25, -0.2) is 8.42 Å². The van der Waals surface area contributed by atoms with E-state index in [1.165, 1.54) is 0 Å². The van der Waals surface area contributed by atoms with Gasteiger partial charge in [0.2, 0.25) is 5.91 Å². The molecule has 0 saturated heterocycles. The van der Waals surface area contributed by atoms with Gasteiger partial charge in [-0.15, -0.1) is 0 Å². The molecule has 0 spiro atoms. The summed E-state index contributed by atoms with van der Waals surface area (Å²) >= 11 is 4.79. The molecule has 0 saturated carbocycles. The lowest BCUT2D eigenvalue weighted by Crippen LogP contribution is -2.50. The van der Waals surface area contributed by atoms with Crippen molar-refractivity contribution in [1.29, 1.82) is 0 Å². The highest BCUT2D eigenvalue weighted by atomic mass is 32.2. The van der Waals surface area contributed by atoms with Crippen molar-refractivity contribution in [1.82, 2.24) is 5.32 Å². The molecule has 0 aliphatic heterocycles. The summed E-state index contributed by atoms with van der Waals surface area (Å²) in [4.78, 5) is 11.9. The predicted octanol–water partition coefficient (Wildman–Crippen LogP) is 0.238. The van der Waals surface area contributed by atoms with E-state index in [1.807, 2.05) is 0 Å². The first kappa shape index (κ1) is 16.3. The van der Waals surface area contributed by atoms with Crippen LogP contribution in [0.3, 0.4) is 0 Å². The third kappa shape index (κ3) is 3.92. The number of rotatable bonds is 5. The van der Waals surface area contributed by atoms with Crippen LogP contribution < -0.4 is 11.1 Å². The minimum absolute atomic E-state index is 0.0245. The van der Waals surface area contributed by atoms with E-state index in [0.29, 0.717) is 0 Å². The van der Waals surface area contributed by atoms with Gasteiger partial charge in [0, 0.05) is 12.8 Å². The molecule has 0 atom stereocenters. The van der Waals surface area contributed by atoms with Gasteiger partial charge >= 0.3 is 0 Å². The van der Waals surface area contributed by atoms with E-state index < -0.39 is 20.0 Å². The predicted molar refractivity (Wildman–Crippen MR) is 72.5 cm³/mol. The van der Waals surface area contributed by atoms with Gasteiger partial charge < -0.3 is 11.1 Å². The highest BCUT2D eigenvalue weighted by Crippen LogP contribution is 2.18. The molecule has 0 rings (SSSR count). The van der Waals surface area contributed by atoms with E-state index in [9.17, 15) is 13.2 Å². The summed E-state index contributed by atoms with van der Waals surface area (Å²) in [5.41, 5.74) is 4.47. The molecule has 5 nitrogen and oxygen atoms in total. The number of hydrogen-bond acceptors (Lipinski definition) is 4. The second-order valence-corrected chi connectivity index (χ2v) is 8.29. The molecule has 0 bridgehead atoms. The fraction of sp³-hybridized carbons (Fsp3) is 0.800. The Hall–Kier alpha value is -0.690. The molecule has 0 aromatic carbocycles. The first-order valence-corrected chi connectivity index (χ1v) is 7.40. The van der Waals surface area contributed by atoms with Gasteiger partial charge in [0.1, 0.15) is 0 Å². The largest absolute Gasteiger partial charge is 0.392 e. The number of carbonyl (C=O) groups is 1. The lowest BCUT2D eigenvalue weighted by Gasteiger charge is -2.27. The zero-order chi connectivity index (χ0) is 14.1. The summed E-state index contributed by atoms with van der Waals surface area (Å²) < 4.78 is 21.9. The summed E-state index contributed by atoms with van der Waals surface area (Å²) in [5.74, 6) is -0.373. The van der Waals surface area contributed by atoms with Crippen LogP contribution in [0.5, 0.6) is 0 Å². The Labute approximate surface area is 108 Å². The minimum atomic E-state index is -3.24. The average molecular weight is 280 g/mol. The number of nitrogens with two attached hydrogens (primary N) is 1. The maximum atomic E-state index is 11.8. The number of hydrogen-bond donors (Lipinski definition) is 2. The third-order valence-electron chi connectivity index (χ3n) is 2.86. The molecule has 100 valence electrons. The van der Waals surface area contributed by atoms with Gasteiger partial charge in [-0.2, -0.15) is 0 Å². The van der Waals surface area contributed by atoms with Crippen LogP contribution in [0.1, 0.15) is 27.7 Å². The Morgan fingerprint density at radius 1 is 1.29 bits per heavy atom. The molecule has 0 aromatic rings. The van der Waals surface area contributed by atoms with Crippen molar-refractivity contribution >= 4 is 33.0 Å². The highest BCUT2D eigenvalue weighted by molar-refractivity contribution is 7.92. The molecular formula is C10H20N2O3S2. The SMILES string of the molecule is CC(C)(C(=O)NCC(C)(C)S(C)(=O)=O)C(N)=S. The van der Waals surface area contributed by atoms with Crippen LogP contribution in [0.25, 0.3) is 0 Å². The summed E-state index contributed by atoms with van der Waals surface area (Å²) in [5, 5.41) is 2.57. The summed E-state index contributed by atoms with van der Waals surface area (Å²) in [6.07, 6.45) is 1.14. The number of amides is 1. The van der Waals surface area contributed by atoms with Crippen LogP contribution in [-0.2, 0) is 14.6 Å². The second-order valence-electron chi connectivity index (χ2n) is 5.20. The molecule has 0 aliphatic rings. The first-order valence-electron chi connectivity index (χ1n) is 5.10. The normalized spacial score (nSPS) is 13.2. The fourth-order valence-corrected chi connectivity index (χ4v) is 1.18. The van der Waals surface area contributed by atoms with E-state index in [0.717, 1.165) is 6.26 Å². The van der Waals surface area contributed by atoms with Crippen molar-refractivity contribution < 1.29 is 13.2 Å². The van der Waals surface area contributed by atoms with Gasteiger partial charge in [0.25, 0.3) is 0 Å². The topological polar surface area (TPSA) is 89.3 Å². The summed E-state index contributed by atoms with van der Waals surface area (Å²) in [6.45, 7) is 6.32. The molecule has 0 aliphatic carbocycles. The fourth-order valence-electron chi connectivity index (χ4n) is 0.757. The van der Waals surface area contributed by atoms with Gasteiger partial charge in [-0.05, 0) is 27.7 Å². The Morgan fingerprint density at radius 2 is 1.71 bits per heavy atom. The van der Waals surface area contributed by atoms with Crippen molar-refractivity contribution in [2.75, 3.05) is 12.8 Å². The van der Waals surface area contributed by atoms with Crippen LogP contribution >= 0.6 is 12.2 Å². The van der Waals surface area contributed by atoms with Gasteiger partial charge in [-0.3, -0.25) is 4.79 Å². The molecule has 1 amide bonds. The van der Waals surface area contributed by atoms with Crippen LogP contribution in [-0.4, -0.2) is 36.9 Å². The van der Waals surface area contributed by atoms with Crippen LogP contribution in [0, 0.1) is 5.41 Å². The molecule has 17 heavy (non-hydrogen) atoms. The van der Waals surface area contributed by atoms with Crippen molar-refractivity contribution in [3.63, 3.8) is 0 Å². The van der Waals surface area contributed by atoms with E-state index in [1.54, 1.807) is 27.7 Å². The molecule has 0 heterocycles. The van der Waals surface area contributed by atoms with E-state index in [4.69, 9.17) is 18.0 Å². The first-order chi connectivity index (χ1) is 7.32. The van der Waals surface area contributed by atoms with E-state index in [2.05, 4.69) is 5.32 Å². The Bertz CT molecular complexity index is 425. The zero-order valence-corrected chi connectivity index (χ0v) is 12.5. The van der Waals surface area contributed by atoms with Crippen LogP contribution in [0.15, 0.2) is 0 Å².